The summed E-state index contributed by atoms with van der Waals surface area (Å²) in [4.78, 5) is 0. The largest absolute Gasteiger partial charge is 0.310 e. The Hall–Kier alpha value is -0.210. The molecule has 0 rings (SSSR count). The Bertz CT molecular complexity index is 35.9. The Kier molecular flexibility index (Phi) is 3.84. The maximum Gasteiger partial charge on any atom is 0.310 e. The van der Waals surface area contributed by atoms with E-state index in [1.807, 2.05) is 0 Å². The molecule has 0 aliphatic rings. The maximum absolute atomic E-state index is 11.0. The number of halogens is 3. The molecule has 0 heterocycles. The molecule has 0 spiro atoms. The van der Waals surface area contributed by atoms with Crippen LogP contribution in [0.15, 0.2) is 0 Å². The highest BCUT2D eigenvalue weighted by atomic mass is 19.3. The summed E-state index contributed by atoms with van der Waals surface area (Å²) < 4.78 is 33.0. The van der Waals surface area contributed by atoms with Crippen molar-refractivity contribution in [2.75, 3.05) is 6.67 Å². The predicted octanol–water partition coefficient (Wildman–Crippen LogP) is 2.16. The molecule has 0 aliphatic carbocycles. The molecule has 0 atom stereocenters. The van der Waals surface area contributed by atoms with Crippen molar-refractivity contribution in [3.63, 3.8) is 0 Å². The Labute approximate surface area is 40.3 Å². The normalized spacial score (nSPS) is 10.3. The van der Waals surface area contributed by atoms with E-state index in [4.69, 9.17) is 0 Å². The van der Waals surface area contributed by atoms with Crippen molar-refractivity contribution in [2.24, 2.45) is 0 Å². The van der Waals surface area contributed by atoms with Crippen LogP contribution in [0.4, 0.5) is 13.2 Å². The second-order valence-electron chi connectivity index (χ2n) is 1.13. The summed E-state index contributed by atoms with van der Waals surface area (Å²) in [6, 6.07) is 0. The first-order valence-electron chi connectivity index (χ1n) is 2.00. The monoisotopic (exact) mass is 111 g/mol. The summed E-state index contributed by atoms with van der Waals surface area (Å²) in [5.41, 5.74) is 0. The van der Waals surface area contributed by atoms with E-state index < -0.39 is 19.5 Å². The molecule has 1 radical (unpaired) electrons. The Morgan fingerprint density at radius 1 is 1.29 bits per heavy atom. The summed E-state index contributed by atoms with van der Waals surface area (Å²) in [5, 5.41) is 0. The van der Waals surface area contributed by atoms with Crippen LogP contribution < -0.4 is 0 Å². The molecule has 0 saturated carbocycles. The van der Waals surface area contributed by atoms with E-state index in [-0.39, 0.29) is 6.42 Å². The number of alkyl halides is 1. The first-order valence-corrected chi connectivity index (χ1v) is 2.00. The molecule has 0 nitrogen and oxygen atoms in total. The molecule has 3 heteroatoms. The lowest BCUT2D eigenvalue weighted by molar-refractivity contribution is 0.258. The van der Waals surface area contributed by atoms with Crippen molar-refractivity contribution in [1.29, 1.82) is 0 Å². The fourth-order valence-corrected chi connectivity index (χ4v) is 0.200. The van der Waals surface area contributed by atoms with E-state index in [1.165, 1.54) is 0 Å². The van der Waals surface area contributed by atoms with Crippen LogP contribution in [0.3, 0.4) is 0 Å². The van der Waals surface area contributed by atoms with Gasteiger partial charge in [-0.05, 0) is 6.42 Å². The summed E-state index contributed by atoms with van der Waals surface area (Å²) in [5.74, 6) is 0. The van der Waals surface area contributed by atoms with Gasteiger partial charge < -0.3 is 0 Å². The molecular weight excluding hydrogens is 105 g/mol. The fraction of sp³-hybridized carbons (Fsp3) is 0.750. The van der Waals surface area contributed by atoms with Gasteiger partial charge in [0, 0.05) is 6.42 Å². The number of hydrogen-bond donors (Lipinski definition) is 0. The molecule has 7 heavy (non-hydrogen) atoms. The highest BCUT2D eigenvalue weighted by Gasteiger charge is 2.01. The first-order chi connectivity index (χ1) is 3.27. The van der Waals surface area contributed by atoms with Gasteiger partial charge in [0.05, 0.1) is 6.67 Å². The second kappa shape index (κ2) is 3.96. The van der Waals surface area contributed by atoms with Gasteiger partial charge in [-0.15, -0.1) is 0 Å². The molecule has 43 valence electrons. The molecule has 0 unspecified atom stereocenters. The van der Waals surface area contributed by atoms with Crippen LogP contribution in [0, 0.1) is 6.43 Å². The van der Waals surface area contributed by atoms with Crippen LogP contribution in [0.25, 0.3) is 0 Å². The molecule has 0 bridgehead atoms. The summed E-state index contributed by atoms with van der Waals surface area (Å²) in [7, 11) is 0. The van der Waals surface area contributed by atoms with Gasteiger partial charge in [0.1, 0.15) is 0 Å². The topological polar surface area (TPSA) is 0 Å². The maximum atomic E-state index is 11.0. The lowest BCUT2D eigenvalue weighted by atomic mass is 10.3. The highest BCUT2D eigenvalue weighted by Crippen LogP contribution is 2.10. The van der Waals surface area contributed by atoms with E-state index in [0.717, 1.165) is 0 Å². The zero-order chi connectivity index (χ0) is 5.70. The van der Waals surface area contributed by atoms with E-state index in [2.05, 4.69) is 0 Å². The quantitative estimate of drug-likeness (QED) is 0.523. The van der Waals surface area contributed by atoms with Gasteiger partial charge >= 0.3 is 6.43 Å². The number of rotatable bonds is 3. The fourth-order valence-electron chi connectivity index (χ4n) is 0.200. The SMILES string of the molecule is FCCC[C](F)F. The Morgan fingerprint density at radius 2 is 1.86 bits per heavy atom. The molecule has 0 saturated heterocycles. The van der Waals surface area contributed by atoms with E-state index in [9.17, 15) is 13.2 Å². The van der Waals surface area contributed by atoms with Gasteiger partial charge in [-0.1, -0.05) is 0 Å². The highest BCUT2D eigenvalue weighted by molar-refractivity contribution is 4.57. The van der Waals surface area contributed by atoms with Gasteiger partial charge in [-0.2, -0.15) is 8.78 Å². The summed E-state index contributed by atoms with van der Waals surface area (Å²) in [6.45, 7) is -0.655. The molecule has 0 aromatic rings. The molecule has 0 aliphatic heterocycles. The van der Waals surface area contributed by atoms with Gasteiger partial charge in [-0.3, -0.25) is 4.39 Å². The smallest absolute Gasteiger partial charge is 0.251 e. The van der Waals surface area contributed by atoms with Crippen molar-refractivity contribution in [1.82, 2.24) is 0 Å². The van der Waals surface area contributed by atoms with Crippen LogP contribution in [-0.4, -0.2) is 6.67 Å². The third-order valence-corrected chi connectivity index (χ3v) is 0.499. The molecule has 0 fully saturated rings. The Morgan fingerprint density at radius 3 is 2.00 bits per heavy atom. The van der Waals surface area contributed by atoms with Crippen LogP contribution in [0.1, 0.15) is 12.8 Å². The second-order valence-corrected chi connectivity index (χ2v) is 1.13. The standard InChI is InChI=1S/C4H6F3/c5-3-1-2-4(6)7/h1-3H2. The van der Waals surface area contributed by atoms with E-state index >= 15 is 0 Å². The minimum Gasteiger partial charge on any atom is -0.251 e. The van der Waals surface area contributed by atoms with Crippen molar-refractivity contribution < 1.29 is 13.2 Å². The van der Waals surface area contributed by atoms with Gasteiger partial charge in [0.25, 0.3) is 0 Å². The minimum atomic E-state index is -1.68. The van der Waals surface area contributed by atoms with Crippen molar-refractivity contribution in [3.05, 3.63) is 6.43 Å². The van der Waals surface area contributed by atoms with Gasteiger partial charge in [-0.25, -0.2) is 0 Å². The van der Waals surface area contributed by atoms with Gasteiger partial charge in [0.15, 0.2) is 0 Å². The Balaban J connectivity index is 2.68. The van der Waals surface area contributed by atoms with E-state index in [0.29, 0.717) is 0 Å². The van der Waals surface area contributed by atoms with Crippen LogP contribution in [-0.2, 0) is 0 Å². The molecule has 0 aromatic carbocycles. The van der Waals surface area contributed by atoms with Crippen molar-refractivity contribution >= 4 is 0 Å². The van der Waals surface area contributed by atoms with Gasteiger partial charge in [0.2, 0.25) is 0 Å². The van der Waals surface area contributed by atoms with Crippen LogP contribution in [0.2, 0.25) is 0 Å². The zero-order valence-electron chi connectivity index (χ0n) is 3.76. The van der Waals surface area contributed by atoms with Crippen molar-refractivity contribution in [3.8, 4) is 0 Å². The molecular formula is C4H6F3. The summed E-state index contributed by atoms with van der Waals surface area (Å²) >= 11 is 0. The third-order valence-electron chi connectivity index (χ3n) is 0.499. The molecule has 0 aromatic heterocycles. The molecule has 0 amide bonds. The lowest BCUT2D eigenvalue weighted by Gasteiger charge is -1.88. The predicted molar refractivity (Wildman–Crippen MR) is 20.7 cm³/mol. The van der Waals surface area contributed by atoms with Crippen molar-refractivity contribution in [2.45, 2.75) is 12.8 Å². The summed E-state index contributed by atoms with van der Waals surface area (Å²) in [6.07, 6.45) is -2.13. The van der Waals surface area contributed by atoms with Crippen LogP contribution in [0.5, 0.6) is 0 Å². The average molecular weight is 111 g/mol. The van der Waals surface area contributed by atoms with Crippen LogP contribution >= 0.6 is 0 Å². The number of hydrogen-bond acceptors (Lipinski definition) is 0. The lowest BCUT2D eigenvalue weighted by Crippen LogP contribution is -1.80. The zero-order valence-corrected chi connectivity index (χ0v) is 3.76. The average Bonchev–Trinajstić information content (AvgIpc) is 1.61. The first kappa shape index (κ1) is 6.79. The minimum absolute atomic E-state index is 0.0532. The molecule has 0 N–H and O–H groups in total. The van der Waals surface area contributed by atoms with E-state index in [1.54, 1.807) is 0 Å². The third kappa shape index (κ3) is 5.79.